The molecule has 1 aliphatic heterocycles. The molecule has 0 atom stereocenters. The second kappa shape index (κ2) is 8.73. The van der Waals surface area contributed by atoms with Crippen LogP contribution in [0, 0.1) is 0 Å². The van der Waals surface area contributed by atoms with Crippen molar-refractivity contribution in [3.63, 3.8) is 0 Å². The Labute approximate surface area is 170 Å². The van der Waals surface area contributed by atoms with Gasteiger partial charge in [0.2, 0.25) is 5.95 Å². The fraction of sp³-hybridized carbons (Fsp3) is 0.261. The van der Waals surface area contributed by atoms with Crippen LogP contribution in [0.15, 0.2) is 66.9 Å². The molecule has 1 saturated heterocycles. The van der Waals surface area contributed by atoms with Gasteiger partial charge in [-0.2, -0.15) is 0 Å². The Morgan fingerprint density at radius 3 is 2.62 bits per heavy atom. The Balaban J connectivity index is 1.36. The summed E-state index contributed by atoms with van der Waals surface area (Å²) in [7, 11) is 1.61. The highest BCUT2D eigenvalue weighted by Crippen LogP contribution is 2.21. The van der Waals surface area contributed by atoms with Gasteiger partial charge in [-0.1, -0.05) is 36.4 Å². The number of ether oxygens (including phenoxy) is 1. The maximum absolute atomic E-state index is 12.8. The molecule has 6 heteroatoms. The number of methoxy groups -OCH3 is 1. The number of hydrogen-bond acceptors (Lipinski definition) is 5. The van der Waals surface area contributed by atoms with Crippen LogP contribution in [0.1, 0.15) is 23.2 Å². The molecule has 0 unspecified atom stereocenters. The normalized spacial score (nSPS) is 14.4. The molecule has 0 bridgehead atoms. The van der Waals surface area contributed by atoms with Gasteiger partial charge < -0.3 is 15.0 Å². The predicted octanol–water partition coefficient (Wildman–Crippen LogP) is 3.87. The second-order valence-corrected chi connectivity index (χ2v) is 7.07. The molecule has 2 heterocycles. The van der Waals surface area contributed by atoms with E-state index in [1.54, 1.807) is 19.4 Å². The zero-order chi connectivity index (χ0) is 20.1. The molecule has 6 nitrogen and oxygen atoms in total. The van der Waals surface area contributed by atoms with Crippen molar-refractivity contribution in [2.75, 3.05) is 25.5 Å². The highest BCUT2D eigenvalue weighted by Gasteiger charge is 2.24. The van der Waals surface area contributed by atoms with Crippen molar-refractivity contribution in [3.05, 3.63) is 72.4 Å². The molecule has 1 fully saturated rings. The first-order chi connectivity index (χ1) is 14.2. The average molecular weight is 388 g/mol. The Hall–Kier alpha value is -3.41. The summed E-state index contributed by atoms with van der Waals surface area (Å²) in [5, 5.41) is 3.43. The molecule has 2 aromatic carbocycles. The number of amides is 1. The SMILES string of the molecule is COc1cccc(C(=O)N2CCC(Nc3nccc(-c4ccccc4)n3)CC2)c1. The molecule has 0 spiro atoms. The van der Waals surface area contributed by atoms with E-state index in [0.29, 0.717) is 30.4 Å². The summed E-state index contributed by atoms with van der Waals surface area (Å²) < 4.78 is 5.22. The number of likely N-dealkylation sites (tertiary alicyclic amines) is 1. The Morgan fingerprint density at radius 1 is 1.07 bits per heavy atom. The van der Waals surface area contributed by atoms with Gasteiger partial charge in [-0.3, -0.25) is 4.79 Å². The number of benzene rings is 2. The van der Waals surface area contributed by atoms with Crippen molar-refractivity contribution in [1.29, 1.82) is 0 Å². The molecule has 4 rings (SSSR count). The van der Waals surface area contributed by atoms with E-state index in [4.69, 9.17) is 4.74 Å². The van der Waals surface area contributed by atoms with Crippen LogP contribution in [-0.2, 0) is 0 Å². The molecule has 1 N–H and O–H groups in total. The molecule has 0 saturated carbocycles. The standard InChI is InChI=1S/C23H24N4O2/c1-29-20-9-5-8-18(16-20)22(28)27-14-11-19(12-15-27)25-23-24-13-10-21(26-23)17-6-3-2-4-7-17/h2-10,13,16,19H,11-12,14-15H2,1H3,(H,24,25,26). The van der Waals surface area contributed by atoms with Gasteiger partial charge in [-0.05, 0) is 37.1 Å². The highest BCUT2D eigenvalue weighted by molar-refractivity contribution is 5.94. The lowest BCUT2D eigenvalue weighted by Crippen LogP contribution is -2.42. The van der Waals surface area contributed by atoms with Gasteiger partial charge in [-0.15, -0.1) is 0 Å². The average Bonchev–Trinajstić information content (AvgIpc) is 2.80. The van der Waals surface area contributed by atoms with E-state index >= 15 is 0 Å². The van der Waals surface area contributed by atoms with Crippen LogP contribution in [0.4, 0.5) is 5.95 Å². The summed E-state index contributed by atoms with van der Waals surface area (Å²) in [5.41, 5.74) is 2.63. The smallest absolute Gasteiger partial charge is 0.253 e. The van der Waals surface area contributed by atoms with Gasteiger partial charge in [0.1, 0.15) is 5.75 Å². The van der Waals surface area contributed by atoms with Crippen molar-refractivity contribution in [3.8, 4) is 17.0 Å². The second-order valence-electron chi connectivity index (χ2n) is 7.07. The summed E-state index contributed by atoms with van der Waals surface area (Å²) in [6.07, 6.45) is 3.49. The number of anilines is 1. The summed E-state index contributed by atoms with van der Waals surface area (Å²) in [4.78, 5) is 23.7. The summed E-state index contributed by atoms with van der Waals surface area (Å²) in [5.74, 6) is 1.37. The van der Waals surface area contributed by atoms with E-state index in [-0.39, 0.29) is 11.9 Å². The van der Waals surface area contributed by atoms with E-state index in [9.17, 15) is 4.79 Å². The Morgan fingerprint density at radius 2 is 1.86 bits per heavy atom. The van der Waals surface area contributed by atoms with Crippen molar-refractivity contribution in [2.45, 2.75) is 18.9 Å². The molecule has 1 aromatic heterocycles. The van der Waals surface area contributed by atoms with Gasteiger partial charge in [0.25, 0.3) is 5.91 Å². The summed E-state index contributed by atoms with van der Waals surface area (Å²) in [6.45, 7) is 1.40. The van der Waals surface area contributed by atoms with Crippen LogP contribution in [0.3, 0.4) is 0 Å². The molecule has 0 aliphatic carbocycles. The predicted molar refractivity (Wildman–Crippen MR) is 113 cm³/mol. The van der Waals surface area contributed by atoms with Crippen molar-refractivity contribution < 1.29 is 9.53 Å². The van der Waals surface area contributed by atoms with Crippen LogP contribution in [0.25, 0.3) is 11.3 Å². The van der Waals surface area contributed by atoms with Crippen molar-refractivity contribution in [1.82, 2.24) is 14.9 Å². The zero-order valence-corrected chi connectivity index (χ0v) is 16.4. The molecular formula is C23H24N4O2. The quantitative estimate of drug-likeness (QED) is 0.719. The van der Waals surface area contributed by atoms with Crippen LogP contribution >= 0.6 is 0 Å². The Kier molecular flexibility index (Phi) is 5.70. The monoisotopic (exact) mass is 388 g/mol. The van der Waals surface area contributed by atoms with Gasteiger partial charge in [0.05, 0.1) is 12.8 Å². The number of piperidine rings is 1. The zero-order valence-electron chi connectivity index (χ0n) is 16.4. The lowest BCUT2D eigenvalue weighted by atomic mass is 10.0. The maximum atomic E-state index is 12.8. The van der Waals surface area contributed by atoms with E-state index in [1.165, 1.54) is 0 Å². The number of aromatic nitrogens is 2. The number of nitrogens with one attached hydrogen (secondary N) is 1. The number of nitrogens with zero attached hydrogens (tertiary/aromatic N) is 3. The highest BCUT2D eigenvalue weighted by atomic mass is 16.5. The minimum Gasteiger partial charge on any atom is -0.497 e. The lowest BCUT2D eigenvalue weighted by molar-refractivity contribution is 0.0718. The third kappa shape index (κ3) is 4.54. The maximum Gasteiger partial charge on any atom is 0.253 e. The molecule has 29 heavy (non-hydrogen) atoms. The van der Waals surface area contributed by atoms with Gasteiger partial charge in [-0.25, -0.2) is 9.97 Å². The van der Waals surface area contributed by atoms with E-state index in [2.05, 4.69) is 15.3 Å². The summed E-state index contributed by atoms with van der Waals surface area (Å²) in [6, 6.07) is 19.5. The van der Waals surface area contributed by atoms with Crippen LogP contribution in [0.5, 0.6) is 5.75 Å². The fourth-order valence-corrected chi connectivity index (χ4v) is 3.55. The Bertz CT molecular complexity index is 969. The molecule has 148 valence electrons. The topological polar surface area (TPSA) is 67.3 Å². The molecular weight excluding hydrogens is 364 g/mol. The number of carbonyl (C=O) groups is 1. The van der Waals surface area contributed by atoms with Gasteiger partial charge in [0.15, 0.2) is 0 Å². The van der Waals surface area contributed by atoms with E-state index in [0.717, 1.165) is 24.1 Å². The van der Waals surface area contributed by atoms with Crippen LogP contribution in [-0.4, -0.2) is 47.0 Å². The summed E-state index contributed by atoms with van der Waals surface area (Å²) >= 11 is 0. The van der Waals surface area contributed by atoms with E-state index < -0.39 is 0 Å². The first-order valence-corrected chi connectivity index (χ1v) is 9.81. The number of carbonyl (C=O) groups excluding carboxylic acids is 1. The number of rotatable bonds is 5. The van der Waals surface area contributed by atoms with Crippen molar-refractivity contribution in [2.24, 2.45) is 0 Å². The lowest BCUT2D eigenvalue weighted by Gasteiger charge is -2.32. The van der Waals surface area contributed by atoms with Crippen molar-refractivity contribution >= 4 is 11.9 Å². The van der Waals surface area contributed by atoms with Gasteiger partial charge >= 0.3 is 0 Å². The van der Waals surface area contributed by atoms with Crippen LogP contribution < -0.4 is 10.1 Å². The third-order valence-electron chi connectivity index (χ3n) is 5.16. The molecule has 0 radical (unpaired) electrons. The molecule has 3 aromatic rings. The molecule has 1 amide bonds. The van der Waals surface area contributed by atoms with Crippen LogP contribution in [0.2, 0.25) is 0 Å². The first kappa shape index (κ1) is 18.9. The fourth-order valence-electron chi connectivity index (χ4n) is 3.55. The third-order valence-corrected chi connectivity index (χ3v) is 5.16. The minimum absolute atomic E-state index is 0.0460. The first-order valence-electron chi connectivity index (χ1n) is 9.81. The molecule has 1 aliphatic rings. The minimum atomic E-state index is 0.0460. The number of hydrogen-bond donors (Lipinski definition) is 1. The van der Waals surface area contributed by atoms with E-state index in [1.807, 2.05) is 59.5 Å². The van der Waals surface area contributed by atoms with Gasteiger partial charge in [0, 0.05) is 36.5 Å². The largest absolute Gasteiger partial charge is 0.497 e.